The molecule has 39 heavy (non-hydrogen) atoms. The second-order valence-corrected chi connectivity index (χ2v) is 11.6. The molecule has 0 N–H and O–H groups in total. The van der Waals surface area contributed by atoms with E-state index in [9.17, 15) is 13.2 Å². The molecule has 1 aromatic heterocycles. The van der Waals surface area contributed by atoms with E-state index < -0.39 is 15.9 Å². The van der Waals surface area contributed by atoms with Gasteiger partial charge in [0.25, 0.3) is 0 Å². The lowest BCUT2D eigenvalue weighted by Gasteiger charge is -2.33. The number of anilines is 1. The third kappa shape index (κ3) is 4.96. The number of piperidine rings is 1. The monoisotopic (exact) mass is 536 g/mol. The van der Waals surface area contributed by atoms with Crippen molar-refractivity contribution in [3.05, 3.63) is 116 Å². The van der Waals surface area contributed by atoms with E-state index in [2.05, 4.69) is 4.98 Å². The van der Waals surface area contributed by atoms with Crippen LogP contribution in [0.25, 0.3) is 22.0 Å². The standard InChI is InChI=1S/C31H28N4O3S/c36-31(34-21-19-33(20-22-34)30-16-17-32-29-11-5-4-10-28(29)30)26-9-6-18-35(23-26)39(37,38)27-14-12-25(13-15-27)24-7-2-1-3-8-24/h1-5,7-8,10-17,19-22,26H,6,9,18,23H2. The van der Waals surface area contributed by atoms with Crippen molar-refractivity contribution in [2.24, 2.45) is 5.92 Å². The topological polar surface area (TPSA) is 73.8 Å². The van der Waals surface area contributed by atoms with E-state index >= 15 is 0 Å². The van der Waals surface area contributed by atoms with Crippen LogP contribution >= 0.6 is 0 Å². The summed E-state index contributed by atoms with van der Waals surface area (Å²) in [7, 11) is -3.71. The molecular formula is C31H28N4O3S. The molecule has 196 valence electrons. The number of sulfonamides is 1. The van der Waals surface area contributed by atoms with E-state index in [0.29, 0.717) is 19.4 Å². The summed E-state index contributed by atoms with van der Waals surface area (Å²) < 4.78 is 28.3. The smallest absolute Gasteiger partial charge is 0.243 e. The van der Waals surface area contributed by atoms with Crippen LogP contribution in [0.2, 0.25) is 0 Å². The SMILES string of the molecule is O=C(C1CCCN(S(=O)(=O)c2ccc(-c3ccccc3)cc2)C1)N1C=CN(c2ccnc3ccccc23)C=C1. The highest BCUT2D eigenvalue weighted by molar-refractivity contribution is 7.89. The third-order valence-electron chi connectivity index (χ3n) is 7.27. The molecule has 0 radical (unpaired) electrons. The Labute approximate surface area is 228 Å². The van der Waals surface area contributed by atoms with Crippen molar-refractivity contribution >= 4 is 32.5 Å². The molecule has 0 spiro atoms. The van der Waals surface area contributed by atoms with Gasteiger partial charge in [-0.1, -0.05) is 60.7 Å². The van der Waals surface area contributed by atoms with Crippen molar-refractivity contribution < 1.29 is 13.2 Å². The largest absolute Gasteiger partial charge is 0.320 e. The Morgan fingerprint density at radius 3 is 2.26 bits per heavy atom. The summed E-state index contributed by atoms with van der Waals surface area (Å²) >= 11 is 0. The van der Waals surface area contributed by atoms with Crippen LogP contribution in [0, 0.1) is 5.92 Å². The highest BCUT2D eigenvalue weighted by Crippen LogP contribution is 2.30. The summed E-state index contributed by atoms with van der Waals surface area (Å²) in [6.45, 7) is 0.569. The van der Waals surface area contributed by atoms with Crippen LogP contribution in [0.5, 0.6) is 0 Å². The van der Waals surface area contributed by atoms with E-state index in [1.165, 1.54) is 4.31 Å². The van der Waals surface area contributed by atoms with Gasteiger partial charge >= 0.3 is 0 Å². The average Bonchev–Trinajstić information content (AvgIpc) is 3.01. The average molecular weight is 537 g/mol. The first-order valence-corrected chi connectivity index (χ1v) is 14.4. The molecule has 0 saturated carbocycles. The van der Waals surface area contributed by atoms with Crippen molar-refractivity contribution in [1.29, 1.82) is 0 Å². The summed E-state index contributed by atoms with van der Waals surface area (Å²) in [5.41, 5.74) is 3.85. The van der Waals surface area contributed by atoms with E-state index in [0.717, 1.165) is 27.7 Å². The summed E-state index contributed by atoms with van der Waals surface area (Å²) in [4.78, 5) is 21.6. The zero-order valence-electron chi connectivity index (χ0n) is 21.3. The highest BCUT2D eigenvalue weighted by Gasteiger charge is 2.35. The molecule has 1 atom stereocenters. The van der Waals surface area contributed by atoms with Gasteiger partial charge in [-0.2, -0.15) is 4.31 Å². The van der Waals surface area contributed by atoms with Gasteiger partial charge in [0.05, 0.1) is 22.0 Å². The van der Waals surface area contributed by atoms with Crippen LogP contribution in [0.4, 0.5) is 5.69 Å². The van der Waals surface area contributed by atoms with Crippen LogP contribution < -0.4 is 4.90 Å². The highest BCUT2D eigenvalue weighted by atomic mass is 32.2. The number of para-hydroxylation sites is 1. The Kier molecular flexibility index (Phi) is 6.72. The number of fused-ring (bicyclic) bond motifs is 1. The molecule has 1 saturated heterocycles. The van der Waals surface area contributed by atoms with E-state index in [-0.39, 0.29) is 17.3 Å². The molecular weight excluding hydrogens is 508 g/mol. The lowest BCUT2D eigenvalue weighted by atomic mass is 9.98. The Balaban J connectivity index is 1.14. The van der Waals surface area contributed by atoms with Gasteiger partial charge in [-0.15, -0.1) is 0 Å². The first-order chi connectivity index (χ1) is 19.0. The molecule has 3 heterocycles. The molecule has 7 nitrogen and oxygen atoms in total. The summed E-state index contributed by atoms with van der Waals surface area (Å²) in [5, 5.41) is 1.01. The van der Waals surface area contributed by atoms with Crippen molar-refractivity contribution in [3.63, 3.8) is 0 Å². The normalized spacial score (nSPS) is 18.0. The maximum Gasteiger partial charge on any atom is 0.243 e. The molecule has 2 aliphatic heterocycles. The lowest BCUT2D eigenvalue weighted by molar-refractivity contribution is -0.131. The molecule has 8 heteroatoms. The number of nitrogens with zero attached hydrogens (tertiary/aromatic N) is 4. The van der Waals surface area contributed by atoms with E-state index in [1.54, 1.807) is 35.6 Å². The van der Waals surface area contributed by atoms with Gasteiger partial charge in [0.1, 0.15) is 0 Å². The molecule has 1 amide bonds. The van der Waals surface area contributed by atoms with E-state index in [1.807, 2.05) is 90.1 Å². The number of hydrogen-bond donors (Lipinski definition) is 0. The minimum atomic E-state index is -3.71. The summed E-state index contributed by atoms with van der Waals surface area (Å²) in [5.74, 6) is -0.527. The molecule has 4 aromatic rings. The minimum Gasteiger partial charge on any atom is -0.320 e. The molecule has 1 fully saturated rings. The van der Waals surface area contributed by atoms with Gasteiger partial charge in [0, 0.05) is 49.5 Å². The minimum absolute atomic E-state index is 0.110. The van der Waals surface area contributed by atoms with Gasteiger partial charge in [-0.25, -0.2) is 8.42 Å². The number of benzene rings is 3. The van der Waals surface area contributed by atoms with Crippen molar-refractivity contribution in [3.8, 4) is 11.1 Å². The lowest BCUT2D eigenvalue weighted by Crippen LogP contribution is -2.45. The first-order valence-electron chi connectivity index (χ1n) is 13.0. The Morgan fingerprint density at radius 1 is 0.795 bits per heavy atom. The van der Waals surface area contributed by atoms with E-state index in [4.69, 9.17) is 0 Å². The Bertz CT molecular complexity index is 1650. The molecule has 1 unspecified atom stereocenters. The van der Waals surface area contributed by atoms with Gasteiger partial charge < -0.3 is 4.90 Å². The van der Waals surface area contributed by atoms with Gasteiger partial charge in [-0.3, -0.25) is 14.7 Å². The first kappa shape index (κ1) is 25.0. The fourth-order valence-electron chi connectivity index (χ4n) is 5.17. The van der Waals surface area contributed by atoms with Crippen LogP contribution in [-0.2, 0) is 14.8 Å². The Morgan fingerprint density at radius 2 is 1.49 bits per heavy atom. The third-order valence-corrected chi connectivity index (χ3v) is 9.15. The van der Waals surface area contributed by atoms with Gasteiger partial charge in [0.2, 0.25) is 15.9 Å². The maximum absolute atomic E-state index is 13.4. The van der Waals surface area contributed by atoms with Crippen LogP contribution in [0.15, 0.2) is 121 Å². The van der Waals surface area contributed by atoms with Crippen molar-refractivity contribution in [1.82, 2.24) is 14.2 Å². The maximum atomic E-state index is 13.4. The van der Waals surface area contributed by atoms with Crippen LogP contribution in [0.1, 0.15) is 12.8 Å². The number of carbonyl (C=O) groups excluding carboxylic acids is 1. The number of pyridine rings is 1. The number of carbonyl (C=O) groups is 1. The number of rotatable bonds is 5. The molecule has 3 aromatic carbocycles. The molecule has 6 rings (SSSR count). The van der Waals surface area contributed by atoms with Gasteiger partial charge in [0.15, 0.2) is 0 Å². The fourth-order valence-corrected chi connectivity index (χ4v) is 6.70. The fraction of sp³-hybridized carbons (Fsp3) is 0.161. The zero-order valence-corrected chi connectivity index (χ0v) is 22.1. The molecule has 0 bridgehead atoms. The number of aromatic nitrogens is 1. The van der Waals surface area contributed by atoms with Crippen LogP contribution in [0.3, 0.4) is 0 Å². The predicted molar refractivity (Wildman–Crippen MR) is 153 cm³/mol. The number of hydrogen-bond acceptors (Lipinski definition) is 5. The second-order valence-electron chi connectivity index (χ2n) is 9.69. The molecule has 2 aliphatic rings. The second kappa shape index (κ2) is 10.5. The van der Waals surface area contributed by atoms with Gasteiger partial charge in [-0.05, 0) is 48.2 Å². The zero-order chi connectivity index (χ0) is 26.8. The predicted octanol–water partition coefficient (Wildman–Crippen LogP) is 5.59. The molecule has 0 aliphatic carbocycles. The van der Waals surface area contributed by atoms with Crippen molar-refractivity contribution in [2.45, 2.75) is 17.7 Å². The summed E-state index contributed by atoms with van der Waals surface area (Å²) in [6, 6.07) is 26.6. The summed E-state index contributed by atoms with van der Waals surface area (Å²) in [6.07, 6.45) is 10.2. The Hall–Kier alpha value is -4.27. The number of amides is 1. The quantitative estimate of drug-likeness (QED) is 0.332. The van der Waals surface area contributed by atoms with Crippen molar-refractivity contribution in [2.75, 3.05) is 18.0 Å². The van der Waals surface area contributed by atoms with Crippen LogP contribution in [-0.4, -0.2) is 41.6 Å².